The van der Waals surface area contributed by atoms with E-state index < -0.39 is 11.8 Å². The van der Waals surface area contributed by atoms with E-state index in [9.17, 15) is 14.0 Å². The number of halogens is 1. The number of carbonyl (C=O) groups is 2. The van der Waals surface area contributed by atoms with Crippen LogP contribution in [0.15, 0.2) is 18.2 Å². The number of carboxylic acids is 1. The molecule has 19 heavy (non-hydrogen) atoms. The smallest absolute Gasteiger partial charge is 0.337 e. The predicted octanol–water partition coefficient (Wildman–Crippen LogP) is 2.99. The van der Waals surface area contributed by atoms with Crippen molar-refractivity contribution in [2.45, 2.75) is 25.5 Å². The Kier molecular flexibility index (Phi) is 4.94. The fourth-order valence-electron chi connectivity index (χ4n) is 1.27. The molecule has 0 heterocycles. The molecule has 0 spiro atoms. The van der Waals surface area contributed by atoms with Crippen molar-refractivity contribution in [3.05, 3.63) is 29.6 Å². The molecule has 0 saturated carbocycles. The monoisotopic (exact) mass is 285 g/mol. The van der Waals surface area contributed by atoms with E-state index in [2.05, 4.69) is 5.32 Å². The van der Waals surface area contributed by atoms with Crippen molar-refractivity contribution in [2.75, 3.05) is 11.1 Å². The Hall–Kier alpha value is -1.56. The first kappa shape index (κ1) is 15.5. The summed E-state index contributed by atoms with van der Waals surface area (Å²) >= 11 is 1.44. The number of carbonyl (C=O) groups excluding carboxylic acids is 1. The first-order valence-electron chi connectivity index (χ1n) is 5.66. The van der Waals surface area contributed by atoms with Crippen LogP contribution in [-0.4, -0.2) is 27.5 Å². The minimum absolute atomic E-state index is 0.0598. The molecular formula is C13H16FNO3S. The fourth-order valence-corrected chi connectivity index (χ4v) is 1.91. The van der Waals surface area contributed by atoms with E-state index >= 15 is 0 Å². The lowest BCUT2D eigenvalue weighted by Crippen LogP contribution is -2.20. The summed E-state index contributed by atoms with van der Waals surface area (Å²) in [6, 6.07) is 3.24. The van der Waals surface area contributed by atoms with Gasteiger partial charge in [0.15, 0.2) is 0 Å². The number of hydrogen-bond donors (Lipinski definition) is 2. The molecule has 0 aliphatic heterocycles. The van der Waals surface area contributed by atoms with Gasteiger partial charge in [-0.05, 0) is 18.2 Å². The molecule has 1 aromatic carbocycles. The van der Waals surface area contributed by atoms with Crippen LogP contribution in [0.3, 0.4) is 0 Å². The van der Waals surface area contributed by atoms with Crippen LogP contribution in [0.4, 0.5) is 10.1 Å². The van der Waals surface area contributed by atoms with E-state index in [0.29, 0.717) is 0 Å². The maximum Gasteiger partial charge on any atom is 0.337 e. The van der Waals surface area contributed by atoms with E-state index in [4.69, 9.17) is 5.11 Å². The molecule has 0 aliphatic rings. The Bertz CT molecular complexity index is 497. The molecule has 0 unspecified atom stereocenters. The van der Waals surface area contributed by atoms with Crippen LogP contribution in [0, 0.1) is 5.82 Å². The molecule has 0 atom stereocenters. The van der Waals surface area contributed by atoms with Crippen molar-refractivity contribution < 1.29 is 19.1 Å². The molecule has 0 aliphatic carbocycles. The van der Waals surface area contributed by atoms with Gasteiger partial charge in [0.25, 0.3) is 0 Å². The van der Waals surface area contributed by atoms with Gasteiger partial charge in [0.05, 0.1) is 17.0 Å². The van der Waals surface area contributed by atoms with Gasteiger partial charge in [0, 0.05) is 4.75 Å². The van der Waals surface area contributed by atoms with Crippen molar-refractivity contribution in [3.63, 3.8) is 0 Å². The highest BCUT2D eigenvalue weighted by Crippen LogP contribution is 2.23. The molecule has 0 fully saturated rings. The average Bonchev–Trinajstić information content (AvgIpc) is 2.28. The van der Waals surface area contributed by atoms with Gasteiger partial charge < -0.3 is 10.4 Å². The van der Waals surface area contributed by atoms with Gasteiger partial charge in [-0.15, -0.1) is 11.8 Å². The van der Waals surface area contributed by atoms with E-state index in [1.165, 1.54) is 17.8 Å². The lowest BCUT2D eigenvalue weighted by molar-refractivity contribution is -0.113. The summed E-state index contributed by atoms with van der Waals surface area (Å²) in [7, 11) is 0. The fraction of sp³-hybridized carbons (Fsp3) is 0.385. The standard InChI is InChI=1S/C13H16FNO3S/c1-13(2,3)19-7-11(16)15-10-5-4-8(14)6-9(10)12(17)18/h4-6H,7H2,1-3H3,(H,15,16)(H,17,18). The first-order valence-corrected chi connectivity index (χ1v) is 6.64. The van der Waals surface area contributed by atoms with Crippen LogP contribution in [0.5, 0.6) is 0 Å². The SMILES string of the molecule is CC(C)(C)SCC(=O)Nc1ccc(F)cc1C(=O)O. The molecule has 0 saturated heterocycles. The number of carboxylic acid groups (broad SMARTS) is 1. The van der Waals surface area contributed by atoms with Crippen LogP contribution in [0.2, 0.25) is 0 Å². The van der Waals surface area contributed by atoms with Gasteiger partial charge in [-0.2, -0.15) is 0 Å². The number of rotatable bonds is 4. The maximum absolute atomic E-state index is 13.0. The lowest BCUT2D eigenvalue weighted by Gasteiger charge is -2.17. The first-order chi connectivity index (χ1) is 8.69. The zero-order valence-corrected chi connectivity index (χ0v) is 11.8. The number of hydrogen-bond acceptors (Lipinski definition) is 3. The summed E-state index contributed by atoms with van der Waals surface area (Å²) in [5, 5.41) is 11.4. The van der Waals surface area contributed by atoms with Gasteiger partial charge in [-0.25, -0.2) is 9.18 Å². The van der Waals surface area contributed by atoms with Gasteiger partial charge in [-0.1, -0.05) is 20.8 Å². The highest BCUT2D eigenvalue weighted by molar-refractivity contribution is 8.01. The second kappa shape index (κ2) is 6.06. The van der Waals surface area contributed by atoms with E-state index in [0.717, 1.165) is 12.1 Å². The van der Waals surface area contributed by atoms with Crippen molar-refractivity contribution in [2.24, 2.45) is 0 Å². The number of benzene rings is 1. The van der Waals surface area contributed by atoms with Crippen molar-refractivity contribution in [3.8, 4) is 0 Å². The van der Waals surface area contributed by atoms with Crippen LogP contribution < -0.4 is 5.32 Å². The van der Waals surface area contributed by atoms with E-state index in [-0.39, 0.29) is 27.7 Å². The van der Waals surface area contributed by atoms with Gasteiger partial charge in [0.2, 0.25) is 5.91 Å². The molecule has 104 valence electrons. The zero-order chi connectivity index (χ0) is 14.6. The van der Waals surface area contributed by atoms with Crippen LogP contribution >= 0.6 is 11.8 Å². The number of anilines is 1. The summed E-state index contributed by atoms with van der Waals surface area (Å²) in [5.74, 6) is -2.04. The van der Waals surface area contributed by atoms with Crippen LogP contribution in [0.25, 0.3) is 0 Å². The summed E-state index contributed by atoms with van der Waals surface area (Å²) in [6.45, 7) is 5.93. The van der Waals surface area contributed by atoms with Gasteiger partial charge in [-0.3, -0.25) is 4.79 Å². The van der Waals surface area contributed by atoms with E-state index in [1.54, 1.807) is 0 Å². The van der Waals surface area contributed by atoms with Crippen LogP contribution in [-0.2, 0) is 4.79 Å². The highest BCUT2D eigenvalue weighted by atomic mass is 32.2. The Labute approximate surface area is 115 Å². The minimum Gasteiger partial charge on any atom is -0.478 e. The largest absolute Gasteiger partial charge is 0.478 e. The second-order valence-corrected chi connectivity index (χ2v) is 6.75. The summed E-state index contributed by atoms with van der Waals surface area (Å²) in [5.41, 5.74) is -0.150. The predicted molar refractivity (Wildman–Crippen MR) is 74.2 cm³/mol. The Morgan fingerprint density at radius 2 is 2.00 bits per heavy atom. The molecule has 0 aromatic heterocycles. The third kappa shape index (κ3) is 5.30. The lowest BCUT2D eigenvalue weighted by atomic mass is 10.1. The molecular weight excluding hydrogens is 269 g/mol. The molecule has 0 bridgehead atoms. The highest BCUT2D eigenvalue weighted by Gasteiger charge is 2.16. The Morgan fingerprint density at radius 3 is 2.53 bits per heavy atom. The average molecular weight is 285 g/mol. The number of nitrogens with one attached hydrogen (secondary N) is 1. The quantitative estimate of drug-likeness (QED) is 0.892. The molecule has 0 radical (unpaired) electrons. The molecule has 1 amide bonds. The van der Waals surface area contributed by atoms with Crippen molar-refractivity contribution in [1.82, 2.24) is 0 Å². The number of thioether (sulfide) groups is 1. The molecule has 2 N–H and O–H groups in total. The summed E-state index contributed by atoms with van der Waals surface area (Å²) < 4.78 is 12.9. The number of aromatic carboxylic acids is 1. The molecule has 6 heteroatoms. The zero-order valence-electron chi connectivity index (χ0n) is 11.0. The molecule has 1 aromatic rings. The minimum atomic E-state index is -1.28. The number of amides is 1. The van der Waals surface area contributed by atoms with Gasteiger partial charge >= 0.3 is 5.97 Å². The third-order valence-electron chi connectivity index (χ3n) is 2.12. The van der Waals surface area contributed by atoms with E-state index in [1.807, 2.05) is 20.8 Å². The van der Waals surface area contributed by atoms with Crippen molar-refractivity contribution >= 4 is 29.3 Å². The Balaban J connectivity index is 2.77. The van der Waals surface area contributed by atoms with Crippen molar-refractivity contribution in [1.29, 1.82) is 0 Å². The topological polar surface area (TPSA) is 66.4 Å². The normalized spacial score (nSPS) is 11.2. The summed E-state index contributed by atoms with van der Waals surface area (Å²) in [6.07, 6.45) is 0. The Morgan fingerprint density at radius 1 is 1.37 bits per heavy atom. The van der Waals surface area contributed by atoms with Crippen LogP contribution in [0.1, 0.15) is 31.1 Å². The summed E-state index contributed by atoms with van der Waals surface area (Å²) in [4.78, 5) is 22.6. The molecule has 4 nitrogen and oxygen atoms in total. The second-order valence-electron chi connectivity index (χ2n) is 4.94. The molecule has 1 rings (SSSR count). The van der Waals surface area contributed by atoms with Gasteiger partial charge in [0.1, 0.15) is 5.82 Å². The maximum atomic E-state index is 13.0. The third-order valence-corrected chi connectivity index (χ3v) is 3.39.